The van der Waals surface area contributed by atoms with Crippen LogP contribution in [0.2, 0.25) is 5.02 Å². The Morgan fingerprint density at radius 1 is 1.24 bits per heavy atom. The topological polar surface area (TPSA) is 55.2 Å². The zero-order valence-corrected chi connectivity index (χ0v) is 14.8. The summed E-state index contributed by atoms with van der Waals surface area (Å²) in [5.41, 5.74) is 1.56. The maximum atomic E-state index is 6.26. The smallest absolute Gasteiger partial charge is 0.216 e. The first-order valence-electron chi connectivity index (χ1n) is 7.50. The highest BCUT2D eigenvalue weighted by Crippen LogP contribution is 2.26. The molecule has 25 heavy (non-hydrogen) atoms. The molecule has 0 saturated heterocycles. The molecule has 0 aliphatic heterocycles. The van der Waals surface area contributed by atoms with Crippen molar-refractivity contribution in [2.45, 2.75) is 0 Å². The zero-order chi connectivity index (χ0) is 17.6. The molecule has 126 valence electrons. The first-order chi connectivity index (χ1) is 12.2. The fourth-order valence-electron chi connectivity index (χ4n) is 2.20. The van der Waals surface area contributed by atoms with Crippen molar-refractivity contribution in [3.8, 4) is 17.1 Å². The molecule has 0 atom stereocenters. The van der Waals surface area contributed by atoms with Crippen LogP contribution in [0, 0.1) is 4.77 Å². The van der Waals surface area contributed by atoms with Crippen molar-refractivity contribution < 1.29 is 4.74 Å². The summed E-state index contributed by atoms with van der Waals surface area (Å²) in [6.07, 6.45) is 3.36. The number of nitrogens with zero attached hydrogens (tertiary/aromatic N) is 3. The van der Waals surface area contributed by atoms with Crippen molar-refractivity contribution in [2.75, 3.05) is 6.61 Å². The lowest BCUT2D eigenvalue weighted by Crippen LogP contribution is -1.99. The summed E-state index contributed by atoms with van der Waals surface area (Å²) in [5.74, 6) is 1.25. The van der Waals surface area contributed by atoms with Crippen LogP contribution in [-0.4, -0.2) is 27.7 Å². The number of aromatic amines is 1. The number of rotatable bonds is 6. The Balaban J connectivity index is 1.99. The third-order valence-corrected chi connectivity index (χ3v) is 3.95. The zero-order valence-electron chi connectivity index (χ0n) is 13.2. The molecule has 3 aromatic rings. The van der Waals surface area contributed by atoms with Crippen LogP contribution < -0.4 is 4.74 Å². The standard InChI is InChI=1S/C18H15ClN4OS/c1-2-11-24-16-10-6-3-7-13(16)12-20-23-17(21-22-18(23)25)14-8-4-5-9-15(14)19/h2-10,12H,1,11H2,(H,22,25)/b20-12-. The Kier molecular flexibility index (Phi) is 5.42. The van der Waals surface area contributed by atoms with Gasteiger partial charge >= 0.3 is 0 Å². The highest BCUT2D eigenvalue weighted by Gasteiger charge is 2.11. The molecule has 0 radical (unpaired) electrons. The Hall–Kier alpha value is -2.70. The summed E-state index contributed by atoms with van der Waals surface area (Å²) in [6.45, 7) is 4.07. The minimum absolute atomic E-state index is 0.371. The Labute approximate surface area is 155 Å². The normalized spacial score (nSPS) is 10.9. The van der Waals surface area contributed by atoms with Crippen LogP contribution in [0.5, 0.6) is 5.75 Å². The highest BCUT2D eigenvalue weighted by molar-refractivity contribution is 7.71. The van der Waals surface area contributed by atoms with E-state index in [0.29, 0.717) is 28.0 Å². The summed E-state index contributed by atoms with van der Waals surface area (Å²) in [7, 11) is 0. The molecule has 0 aliphatic rings. The predicted octanol–water partition coefficient (Wildman–Crippen LogP) is 4.71. The molecule has 7 heteroatoms. The average Bonchev–Trinajstić information content (AvgIpc) is 2.99. The van der Waals surface area contributed by atoms with Crippen molar-refractivity contribution in [3.05, 3.63) is 76.5 Å². The van der Waals surface area contributed by atoms with Crippen molar-refractivity contribution >= 4 is 30.0 Å². The molecule has 5 nitrogen and oxygen atoms in total. The summed E-state index contributed by atoms with van der Waals surface area (Å²) in [5, 5.41) is 12.0. The molecule has 3 rings (SSSR count). The summed E-state index contributed by atoms with van der Waals surface area (Å²) in [6, 6.07) is 15.0. The Morgan fingerprint density at radius 3 is 2.80 bits per heavy atom. The van der Waals surface area contributed by atoms with E-state index in [0.717, 1.165) is 11.1 Å². The second-order valence-electron chi connectivity index (χ2n) is 5.03. The van der Waals surface area contributed by atoms with Crippen molar-refractivity contribution in [3.63, 3.8) is 0 Å². The maximum Gasteiger partial charge on any atom is 0.216 e. The summed E-state index contributed by atoms with van der Waals surface area (Å²) < 4.78 is 7.53. The van der Waals surface area contributed by atoms with Gasteiger partial charge in [0.05, 0.1) is 11.2 Å². The summed E-state index contributed by atoms with van der Waals surface area (Å²) >= 11 is 11.5. The van der Waals surface area contributed by atoms with Crippen molar-refractivity contribution in [1.29, 1.82) is 0 Å². The van der Waals surface area contributed by atoms with Gasteiger partial charge < -0.3 is 4.74 Å². The molecule has 0 spiro atoms. The van der Waals surface area contributed by atoms with Crippen LogP contribution in [0.15, 0.2) is 66.3 Å². The number of nitrogens with one attached hydrogen (secondary N) is 1. The first-order valence-corrected chi connectivity index (χ1v) is 8.28. The summed E-state index contributed by atoms with van der Waals surface area (Å²) in [4.78, 5) is 0. The van der Waals surface area contributed by atoms with Gasteiger partial charge in [0.25, 0.3) is 0 Å². The third kappa shape index (κ3) is 3.87. The number of hydrogen-bond donors (Lipinski definition) is 1. The van der Waals surface area contributed by atoms with E-state index < -0.39 is 0 Å². The van der Waals surface area contributed by atoms with Gasteiger partial charge in [0.2, 0.25) is 4.77 Å². The van der Waals surface area contributed by atoms with E-state index >= 15 is 0 Å². The highest BCUT2D eigenvalue weighted by atomic mass is 35.5. The van der Waals surface area contributed by atoms with Gasteiger partial charge in [0, 0.05) is 11.1 Å². The van der Waals surface area contributed by atoms with E-state index in [9.17, 15) is 0 Å². The Morgan fingerprint density at radius 2 is 2.00 bits per heavy atom. The van der Waals surface area contributed by atoms with E-state index in [1.807, 2.05) is 42.5 Å². The molecule has 0 aliphatic carbocycles. The van der Waals surface area contributed by atoms with E-state index in [4.69, 9.17) is 28.6 Å². The van der Waals surface area contributed by atoms with E-state index in [-0.39, 0.29) is 0 Å². The number of benzene rings is 2. The lowest BCUT2D eigenvalue weighted by atomic mass is 10.2. The van der Waals surface area contributed by atoms with Crippen LogP contribution in [-0.2, 0) is 0 Å². The Bertz CT molecular complexity index is 977. The molecule has 2 aromatic carbocycles. The van der Waals surface area contributed by atoms with Gasteiger partial charge in [0.15, 0.2) is 5.82 Å². The molecular formula is C18H15ClN4OS. The average molecular weight is 371 g/mol. The van der Waals surface area contributed by atoms with E-state index in [1.54, 1.807) is 18.4 Å². The largest absolute Gasteiger partial charge is 0.489 e. The fraction of sp³-hybridized carbons (Fsp3) is 0.0556. The molecule has 0 fully saturated rings. The minimum Gasteiger partial charge on any atom is -0.489 e. The number of para-hydroxylation sites is 1. The van der Waals surface area contributed by atoms with Crippen LogP contribution in [0.3, 0.4) is 0 Å². The monoisotopic (exact) mass is 370 g/mol. The molecular weight excluding hydrogens is 356 g/mol. The molecule has 1 heterocycles. The number of halogens is 1. The van der Waals surface area contributed by atoms with Gasteiger partial charge in [-0.2, -0.15) is 14.9 Å². The molecule has 0 bridgehead atoms. The second kappa shape index (κ2) is 7.92. The molecule has 0 amide bonds. The van der Waals surface area contributed by atoms with Crippen molar-refractivity contribution in [1.82, 2.24) is 14.9 Å². The van der Waals surface area contributed by atoms with Gasteiger partial charge in [0.1, 0.15) is 12.4 Å². The van der Waals surface area contributed by atoms with Gasteiger partial charge in [-0.15, -0.1) is 0 Å². The van der Waals surface area contributed by atoms with Gasteiger partial charge in [-0.1, -0.05) is 48.5 Å². The number of aromatic nitrogens is 3. The third-order valence-electron chi connectivity index (χ3n) is 3.35. The first kappa shape index (κ1) is 17.1. The maximum absolute atomic E-state index is 6.26. The number of H-pyrrole nitrogens is 1. The van der Waals surface area contributed by atoms with E-state index in [2.05, 4.69) is 21.9 Å². The van der Waals surface area contributed by atoms with Crippen LogP contribution in [0.25, 0.3) is 11.4 Å². The minimum atomic E-state index is 0.371. The second-order valence-corrected chi connectivity index (χ2v) is 5.82. The van der Waals surface area contributed by atoms with Crippen molar-refractivity contribution in [2.24, 2.45) is 5.10 Å². The molecule has 0 saturated carbocycles. The lowest BCUT2D eigenvalue weighted by Gasteiger charge is -2.06. The van der Waals surface area contributed by atoms with Crippen LogP contribution >= 0.6 is 23.8 Å². The van der Waals surface area contributed by atoms with Gasteiger partial charge in [-0.3, -0.25) is 0 Å². The SMILES string of the molecule is C=CCOc1ccccc1/C=N\n1c(-c2ccccc2Cl)n[nH]c1=S. The van der Waals surface area contributed by atoms with Crippen LogP contribution in [0.4, 0.5) is 0 Å². The molecule has 0 unspecified atom stereocenters. The lowest BCUT2D eigenvalue weighted by molar-refractivity contribution is 0.362. The van der Waals surface area contributed by atoms with Gasteiger partial charge in [-0.25, -0.2) is 5.10 Å². The number of hydrogen-bond acceptors (Lipinski definition) is 4. The molecule has 1 N–H and O–H groups in total. The quantitative estimate of drug-likeness (QED) is 0.388. The van der Waals surface area contributed by atoms with Gasteiger partial charge in [-0.05, 0) is 36.5 Å². The number of ether oxygens (including phenoxy) is 1. The predicted molar refractivity (Wildman–Crippen MR) is 103 cm³/mol. The molecule has 1 aromatic heterocycles. The van der Waals surface area contributed by atoms with Crippen LogP contribution in [0.1, 0.15) is 5.56 Å². The fourth-order valence-corrected chi connectivity index (χ4v) is 2.60. The van der Waals surface area contributed by atoms with E-state index in [1.165, 1.54) is 4.68 Å².